The molecule has 142 valence electrons. The summed E-state index contributed by atoms with van der Waals surface area (Å²) in [6.45, 7) is 3.49. The number of nitrogens with zero attached hydrogens (tertiary/aromatic N) is 3. The van der Waals surface area contributed by atoms with E-state index in [1.165, 1.54) is 41.8 Å². The normalized spacial score (nSPS) is 19.8. The van der Waals surface area contributed by atoms with Gasteiger partial charge in [0.2, 0.25) is 0 Å². The van der Waals surface area contributed by atoms with Crippen LogP contribution in [0.4, 0.5) is 0 Å². The molecule has 2 fully saturated rings. The Morgan fingerprint density at radius 3 is 2.78 bits per heavy atom. The minimum Gasteiger partial charge on any atom is -0.378 e. The molecule has 27 heavy (non-hydrogen) atoms. The Bertz CT molecular complexity index is 851. The molecular weight excluding hydrogens is 358 g/mol. The number of thioether (sulfide) groups is 1. The van der Waals surface area contributed by atoms with Crippen LogP contribution in [0.1, 0.15) is 41.7 Å². The SMILES string of the molecule is O=C(c1nn(CC2CCCC2)c2c1CSc1ccccc1-2)N1CCOCC1. The van der Waals surface area contributed by atoms with E-state index in [0.29, 0.717) is 37.9 Å². The van der Waals surface area contributed by atoms with Crippen molar-refractivity contribution in [3.63, 3.8) is 0 Å². The Morgan fingerprint density at radius 1 is 1.19 bits per heavy atom. The van der Waals surface area contributed by atoms with Crippen molar-refractivity contribution in [1.82, 2.24) is 14.7 Å². The second kappa shape index (κ2) is 7.32. The highest BCUT2D eigenvalue weighted by Crippen LogP contribution is 2.43. The third-order valence-electron chi connectivity index (χ3n) is 5.97. The van der Waals surface area contributed by atoms with Crippen molar-refractivity contribution in [1.29, 1.82) is 0 Å². The van der Waals surface area contributed by atoms with E-state index < -0.39 is 0 Å². The van der Waals surface area contributed by atoms with Crippen LogP contribution in [-0.2, 0) is 17.0 Å². The number of rotatable bonds is 3. The molecule has 1 saturated carbocycles. The summed E-state index contributed by atoms with van der Waals surface area (Å²) >= 11 is 1.82. The lowest BCUT2D eigenvalue weighted by Gasteiger charge is -2.26. The second-order valence-corrected chi connectivity index (χ2v) is 8.71. The molecule has 3 aliphatic rings. The molecule has 1 aliphatic carbocycles. The van der Waals surface area contributed by atoms with Crippen molar-refractivity contribution in [2.24, 2.45) is 5.92 Å². The maximum absolute atomic E-state index is 13.2. The van der Waals surface area contributed by atoms with E-state index in [4.69, 9.17) is 9.84 Å². The fraction of sp³-hybridized carbons (Fsp3) is 0.524. The van der Waals surface area contributed by atoms with Crippen LogP contribution in [0.25, 0.3) is 11.3 Å². The zero-order valence-corrected chi connectivity index (χ0v) is 16.3. The van der Waals surface area contributed by atoms with E-state index in [0.717, 1.165) is 17.9 Å². The highest BCUT2D eigenvalue weighted by atomic mass is 32.2. The van der Waals surface area contributed by atoms with Gasteiger partial charge < -0.3 is 9.64 Å². The van der Waals surface area contributed by atoms with Crippen LogP contribution < -0.4 is 0 Å². The molecule has 1 aromatic carbocycles. The summed E-state index contributed by atoms with van der Waals surface area (Å²) in [6, 6.07) is 8.54. The first-order valence-electron chi connectivity index (χ1n) is 10.00. The molecule has 3 heterocycles. The molecule has 1 saturated heterocycles. The molecule has 2 aliphatic heterocycles. The summed E-state index contributed by atoms with van der Waals surface area (Å²) in [7, 11) is 0. The quantitative estimate of drug-likeness (QED) is 0.808. The third kappa shape index (κ3) is 3.19. The smallest absolute Gasteiger partial charge is 0.274 e. The monoisotopic (exact) mass is 383 g/mol. The molecule has 0 N–H and O–H groups in total. The standard InChI is InChI=1S/C21H25N3O2S/c25-21(23-9-11-26-12-10-23)19-17-14-27-18-8-4-3-7-16(18)20(17)24(22-19)13-15-5-1-2-6-15/h3-4,7-8,15H,1-2,5-6,9-14H2. The minimum atomic E-state index is 0.0692. The average Bonchev–Trinajstić information content (AvgIpc) is 3.36. The lowest BCUT2D eigenvalue weighted by Crippen LogP contribution is -2.41. The Kier molecular flexibility index (Phi) is 4.70. The van der Waals surface area contributed by atoms with Gasteiger partial charge in [0.25, 0.3) is 5.91 Å². The van der Waals surface area contributed by atoms with Gasteiger partial charge in [-0.15, -0.1) is 11.8 Å². The predicted octanol–water partition coefficient (Wildman–Crippen LogP) is 3.82. The van der Waals surface area contributed by atoms with E-state index in [2.05, 4.69) is 28.9 Å². The number of carbonyl (C=O) groups excluding carboxylic acids is 1. The van der Waals surface area contributed by atoms with Gasteiger partial charge in [-0.05, 0) is 24.8 Å². The fourth-order valence-corrected chi connectivity index (χ4v) is 5.60. The molecule has 0 atom stereocenters. The number of benzene rings is 1. The molecule has 6 heteroatoms. The van der Waals surface area contributed by atoms with Gasteiger partial charge in [0.1, 0.15) is 0 Å². The Morgan fingerprint density at radius 2 is 1.96 bits per heavy atom. The van der Waals surface area contributed by atoms with Gasteiger partial charge >= 0.3 is 0 Å². The minimum absolute atomic E-state index is 0.0692. The Balaban J connectivity index is 1.56. The molecule has 5 rings (SSSR count). The highest BCUT2D eigenvalue weighted by Gasteiger charge is 2.32. The van der Waals surface area contributed by atoms with Crippen LogP contribution in [0.3, 0.4) is 0 Å². The van der Waals surface area contributed by atoms with Gasteiger partial charge in [0.15, 0.2) is 5.69 Å². The van der Waals surface area contributed by atoms with Crippen LogP contribution in [-0.4, -0.2) is 46.9 Å². The van der Waals surface area contributed by atoms with Crippen LogP contribution in [0.15, 0.2) is 29.2 Å². The predicted molar refractivity (Wildman–Crippen MR) is 106 cm³/mol. The molecule has 1 aromatic heterocycles. The number of hydrogen-bond donors (Lipinski definition) is 0. The molecule has 1 amide bonds. The third-order valence-corrected chi connectivity index (χ3v) is 7.07. The van der Waals surface area contributed by atoms with E-state index in [1.54, 1.807) is 0 Å². The van der Waals surface area contributed by atoms with Crippen molar-refractivity contribution in [3.8, 4) is 11.3 Å². The van der Waals surface area contributed by atoms with E-state index in [1.807, 2.05) is 16.7 Å². The van der Waals surface area contributed by atoms with E-state index >= 15 is 0 Å². The Hall–Kier alpha value is -1.79. The van der Waals surface area contributed by atoms with Crippen LogP contribution in [0, 0.1) is 5.92 Å². The zero-order chi connectivity index (χ0) is 18.2. The second-order valence-electron chi connectivity index (χ2n) is 7.70. The van der Waals surface area contributed by atoms with Crippen molar-refractivity contribution >= 4 is 17.7 Å². The lowest BCUT2D eigenvalue weighted by molar-refractivity contribution is 0.0298. The topological polar surface area (TPSA) is 47.4 Å². The highest BCUT2D eigenvalue weighted by molar-refractivity contribution is 7.98. The lowest BCUT2D eigenvalue weighted by atomic mass is 10.0. The number of carbonyl (C=O) groups is 1. The first kappa shape index (κ1) is 17.3. The summed E-state index contributed by atoms with van der Waals surface area (Å²) in [5.74, 6) is 1.57. The first-order chi connectivity index (χ1) is 13.3. The van der Waals surface area contributed by atoms with E-state index in [9.17, 15) is 4.79 Å². The Labute approximate surface area is 164 Å². The summed E-state index contributed by atoms with van der Waals surface area (Å²) in [6.07, 6.45) is 5.19. The van der Waals surface area contributed by atoms with Gasteiger partial charge in [-0.25, -0.2) is 0 Å². The zero-order valence-electron chi connectivity index (χ0n) is 15.5. The van der Waals surface area contributed by atoms with Crippen molar-refractivity contribution < 1.29 is 9.53 Å². The molecule has 0 unspecified atom stereocenters. The summed E-state index contributed by atoms with van der Waals surface area (Å²) in [5.41, 5.74) is 4.18. The van der Waals surface area contributed by atoms with Gasteiger partial charge in [0, 0.05) is 41.4 Å². The van der Waals surface area contributed by atoms with Crippen LogP contribution >= 0.6 is 11.8 Å². The van der Waals surface area contributed by atoms with Crippen LogP contribution in [0.2, 0.25) is 0 Å². The van der Waals surface area contributed by atoms with Gasteiger partial charge in [0.05, 0.1) is 18.9 Å². The number of morpholine rings is 1. The first-order valence-corrected chi connectivity index (χ1v) is 11.0. The molecule has 5 nitrogen and oxygen atoms in total. The summed E-state index contributed by atoms with van der Waals surface area (Å²) in [4.78, 5) is 16.4. The fourth-order valence-electron chi connectivity index (χ4n) is 4.53. The number of aromatic nitrogens is 2. The van der Waals surface area contributed by atoms with Gasteiger partial charge in [-0.3, -0.25) is 9.48 Å². The molecule has 2 aromatic rings. The van der Waals surface area contributed by atoms with Crippen molar-refractivity contribution in [2.75, 3.05) is 26.3 Å². The van der Waals surface area contributed by atoms with E-state index in [-0.39, 0.29) is 5.91 Å². The molecule has 0 spiro atoms. The summed E-state index contributed by atoms with van der Waals surface area (Å²) < 4.78 is 7.57. The van der Waals surface area contributed by atoms with Gasteiger partial charge in [-0.1, -0.05) is 31.0 Å². The molecular formula is C21H25N3O2S. The maximum Gasteiger partial charge on any atom is 0.274 e. The maximum atomic E-state index is 13.2. The number of fused-ring (bicyclic) bond motifs is 3. The van der Waals surface area contributed by atoms with Gasteiger partial charge in [-0.2, -0.15) is 5.10 Å². The number of amides is 1. The van der Waals surface area contributed by atoms with Crippen molar-refractivity contribution in [3.05, 3.63) is 35.5 Å². The van der Waals surface area contributed by atoms with Crippen molar-refractivity contribution in [2.45, 2.75) is 42.9 Å². The number of ether oxygens (including phenoxy) is 1. The number of hydrogen-bond acceptors (Lipinski definition) is 4. The van der Waals surface area contributed by atoms with Crippen LogP contribution in [0.5, 0.6) is 0 Å². The molecule has 0 bridgehead atoms. The molecule has 0 radical (unpaired) electrons. The average molecular weight is 384 g/mol. The largest absolute Gasteiger partial charge is 0.378 e. The summed E-state index contributed by atoms with van der Waals surface area (Å²) in [5, 5.41) is 4.90.